The summed E-state index contributed by atoms with van der Waals surface area (Å²) in [5.41, 5.74) is 0. The monoisotopic (exact) mass is 168 g/mol. The van der Waals surface area contributed by atoms with E-state index in [-0.39, 0.29) is 0 Å². The van der Waals surface area contributed by atoms with Crippen molar-refractivity contribution in [3.05, 3.63) is 0 Å². The minimum Gasteiger partial charge on any atom is -0.155 e. The zero-order valence-corrected chi connectivity index (χ0v) is 7.94. The Balaban J connectivity index is 1.91. The van der Waals surface area contributed by atoms with Crippen LogP contribution in [0.25, 0.3) is 0 Å². The quantitative estimate of drug-likeness (QED) is 0.536. The highest BCUT2D eigenvalue weighted by atomic mass is 32.2. The molecule has 11 heavy (non-hydrogen) atoms. The molecule has 2 saturated carbocycles. The minimum atomic E-state index is 1.05. The molecule has 0 aromatic rings. The third-order valence-electron chi connectivity index (χ3n) is 4.06. The van der Waals surface area contributed by atoms with Crippen molar-refractivity contribution in [1.29, 1.82) is 0 Å². The van der Waals surface area contributed by atoms with E-state index in [0.717, 1.165) is 28.3 Å². The van der Waals surface area contributed by atoms with Crippen LogP contribution in [0.1, 0.15) is 32.6 Å². The molecule has 1 heteroatoms. The lowest BCUT2D eigenvalue weighted by Crippen LogP contribution is -2.45. The van der Waals surface area contributed by atoms with E-state index in [1.165, 1.54) is 0 Å². The van der Waals surface area contributed by atoms with Crippen LogP contribution in [0.3, 0.4) is 0 Å². The van der Waals surface area contributed by atoms with Gasteiger partial charge in [-0.3, -0.25) is 0 Å². The summed E-state index contributed by atoms with van der Waals surface area (Å²) in [7, 11) is 0. The van der Waals surface area contributed by atoms with Crippen LogP contribution in [0.2, 0.25) is 0 Å². The molecule has 62 valence electrons. The van der Waals surface area contributed by atoms with Gasteiger partial charge in [-0.2, -0.15) is 11.8 Å². The molecule has 2 aliphatic carbocycles. The standard InChI is InChI=1S/C10H16S/c1-6-8-2-7-3-9(5-8)11-10(6)4-7/h6-10H,2-5H2,1H3. The van der Waals surface area contributed by atoms with Crippen LogP contribution in [-0.2, 0) is 0 Å². The van der Waals surface area contributed by atoms with Crippen molar-refractivity contribution in [3.63, 3.8) is 0 Å². The summed E-state index contributed by atoms with van der Waals surface area (Å²) in [4.78, 5) is 0. The molecule has 2 saturated heterocycles. The first-order valence-electron chi connectivity index (χ1n) is 4.98. The zero-order valence-electron chi connectivity index (χ0n) is 7.12. The smallest absolute Gasteiger partial charge is 0.00807 e. The zero-order chi connectivity index (χ0) is 7.42. The molecule has 2 heterocycles. The van der Waals surface area contributed by atoms with E-state index < -0.39 is 0 Å². The Bertz CT molecular complexity index is 148. The average Bonchev–Trinajstić information content (AvgIpc) is 1.98. The topological polar surface area (TPSA) is 0 Å². The predicted molar refractivity (Wildman–Crippen MR) is 49.8 cm³/mol. The van der Waals surface area contributed by atoms with Gasteiger partial charge in [0, 0.05) is 10.5 Å². The maximum atomic E-state index is 2.49. The number of hydrogen-bond donors (Lipinski definition) is 0. The van der Waals surface area contributed by atoms with Crippen LogP contribution in [0.4, 0.5) is 0 Å². The van der Waals surface area contributed by atoms with Crippen molar-refractivity contribution in [2.24, 2.45) is 17.8 Å². The Kier molecular flexibility index (Phi) is 1.36. The summed E-state index contributed by atoms with van der Waals surface area (Å²) in [6.45, 7) is 2.49. The van der Waals surface area contributed by atoms with Crippen LogP contribution in [0, 0.1) is 17.8 Å². The van der Waals surface area contributed by atoms with Crippen LogP contribution in [0.5, 0.6) is 0 Å². The van der Waals surface area contributed by atoms with Crippen molar-refractivity contribution < 1.29 is 0 Å². The minimum absolute atomic E-state index is 1.05. The van der Waals surface area contributed by atoms with E-state index in [1.807, 2.05) is 0 Å². The lowest BCUT2D eigenvalue weighted by Gasteiger charge is -2.53. The second kappa shape index (κ2) is 2.18. The van der Waals surface area contributed by atoms with Crippen molar-refractivity contribution in [2.75, 3.05) is 0 Å². The molecular formula is C10H16S. The van der Waals surface area contributed by atoms with Gasteiger partial charge in [0.25, 0.3) is 0 Å². The fraction of sp³-hybridized carbons (Fsp3) is 1.00. The molecule has 5 atom stereocenters. The Morgan fingerprint density at radius 2 is 2.00 bits per heavy atom. The van der Waals surface area contributed by atoms with Gasteiger partial charge < -0.3 is 0 Å². The van der Waals surface area contributed by atoms with E-state index >= 15 is 0 Å². The molecule has 0 aromatic carbocycles. The summed E-state index contributed by atoms with van der Waals surface area (Å²) in [5, 5.41) is 2.14. The first-order valence-corrected chi connectivity index (χ1v) is 5.92. The maximum Gasteiger partial charge on any atom is 0.00807 e. The molecule has 0 spiro atoms. The molecule has 4 rings (SSSR count). The van der Waals surface area contributed by atoms with E-state index in [2.05, 4.69) is 18.7 Å². The first kappa shape index (κ1) is 6.82. The largest absolute Gasteiger partial charge is 0.155 e. The number of thioether (sulfide) groups is 1. The molecule has 4 aliphatic rings. The van der Waals surface area contributed by atoms with Gasteiger partial charge in [0.1, 0.15) is 0 Å². The van der Waals surface area contributed by atoms with Crippen LogP contribution < -0.4 is 0 Å². The molecule has 0 radical (unpaired) electrons. The maximum absolute atomic E-state index is 2.49. The molecule has 0 N–H and O–H groups in total. The summed E-state index contributed by atoms with van der Waals surface area (Å²) in [6.07, 6.45) is 6.25. The number of hydrogen-bond acceptors (Lipinski definition) is 1. The van der Waals surface area contributed by atoms with E-state index in [4.69, 9.17) is 0 Å². The summed E-state index contributed by atoms with van der Waals surface area (Å²) in [6, 6.07) is 0. The van der Waals surface area contributed by atoms with Crippen LogP contribution >= 0.6 is 11.8 Å². The van der Waals surface area contributed by atoms with Crippen molar-refractivity contribution in [3.8, 4) is 0 Å². The molecule has 5 unspecified atom stereocenters. The normalized spacial score (nSPS) is 60.3. The fourth-order valence-electron chi connectivity index (χ4n) is 3.43. The molecule has 0 aromatic heterocycles. The van der Waals surface area contributed by atoms with Gasteiger partial charge in [-0.25, -0.2) is 0 Å². The van der Waals surface area contributed by atoms with Crippen LogP contribution in [0.15, 0.2) is 0 Å². The van der Waals surface area contributed by atoms with E-state index in [0.29, 0.717) is 0 Å². The second-order valence-electron chi connectivity index (χ2n) is 4.72. The predicted octanol–water partition coefficient (Wildman–Crippen LogP) is 2.93. The fourth-order valence-corrected chi connectivity index (χ4v) is 5.52. The second-order valence-corrected chi connectivity index (χ2v) is 6.27. The van der Waals surface area contributed by atoms with E-state index in [1.54, 1.807) is 25.7 Å². The Labute approximate surface area is 73.1 Å². The van der Waals surface area contributed by atoms with Gasteiger partial charge in [0.2, 0.25) is 0 Å². The van der Waals surface area contributed by atoms with Gasteiger partial charge in [-0.1, -0.05) is 6.92 Å². The van der Waals surface area contributed by atoms with Crippen molar-refractivity contribution in [2.45, 2.75) is 43.1 Å². The highest BCUT2D eigenvalue weighted by Gasteiger charge is 2.46. The summed E-state index contributed by atoms with van der Waals surface area (Å²) >= 11 is 2.32. The summed E-state index contributed by atoms with van der Waals surface area (Å²) < 4.78 is 0. The van der Waals surface area contributed by atoms with E-state index in [9.17, 15) is 0 Å². The summed E-state index contributed by atoms with van der Waals surface area (Å²) in [5.74, 6) is 3.31. The molecular weight excluding hydrogens is 152 g/mol. The third-order valence-corrected chi connectivity index (χ3v) is 5.80. The van der Waals surface area contributed by atoms with Crippen molar-refractivity contribution in [1.82, 2.24) is 0 Å². The SMILES string of the molecule is CC1C2CC3CC(C2)SC1C3. The van der Waals surface area contributed by atoms with Gasteiger partial charge in [-0.05, 0) is 43.4 Å². The van der Waals surface area contributed by atoms with Crippen molar-refractivity contribution >= 4 is 11.8 Å². The van der Waals surface area contributed by atoms with Gasteiger partial charge >= 0.3 is 0 Å². The van der Waals surface area contributed by atoms with Gasteiger partial charge in [0.15, 0.2) is 0 Å². The molecule has 0 nitrogen and oxygen atoms in total. The molecule has 4 bridgehead atoms. The lowest BCUT2D eigenvalue weighted by atomic mass is 9.66. The Morgan fingerprint density at radius 1 is 1.09 bits per heavy atom. The number of rotatable bonds is 0. The molecule has 0 amide bonds. The Hall–Kier alpha value is 0.350. The molecule has 4 fully saturated rings. The molecule has 2 aliphatic heterocycles. The van der Waals surface area contributed by atoms with Crippen LogP contribution in [-0.4, -0.2) is 10.5 Å². The highest BCUT2D eigenvalue weighted by Crippen LogP contribution is 2.56. The van der Waals surface area contributed by atoms with Gasteiger partial charge in [-0.15, -0.1) is 0 Å². The lowest BCUT2D eigenvalue weighted by molar-refractivity contribution is 0.128. The Morgan fingerprint density at radius 3 is 2.73 bits per heavy atom. The van der Waals surface area contributed by atoms with Gasteiger partial charge in [0.05, 0.1) is 0 Å². The average molecular weight is 168 g/mol. The highest BCUT2D eigenvalue weighted by molar-refractivity contribution is 8.00. The first-order chi connectivity index (χ1) is 5.33. The third kappa shape index (κ3) is 0.898.